The number of nitrogens with one attached hydrogen (secondary N) is 1. The van der Waals surface area contributed by atoms with Gasteiger partial charge in [0.2, 0.25) is 5.91 Å². The Balaban J connectivity index is 1.56. The number of rotatable bonds is 6. The average molecular weight is 423 g/mol. The third-order valence-corrected chi connectivity index (χ3v) is 6.62. The first-order chi connectivity index (χ1) is 13.8. The number of nitro groups is 1. The lowest BCUT2D eigenvalue weighted by atomic mass is 9.93. The minimum Gasteiger partial charge on any atom is -0.323 e. The number of carbonyl (C=O) groups is 1. The Labute approximate surface area is 177 Å². The summed E-state index contributed by atoms with van der Waals surface area (Å²) in [7, 11) is 0. The monoisotopic (exact) mass is 422 g/mol. The molecule has 0 radical (unpaired) electrons. The van der Waals surface area contributed by atoms with Crippen LogP contribution >= 0.6 is 11.6 Å². The molecule has 1 N–H and O–H groups in total. The highest BCUT2D eigenvalue weighted by molar-refractivity contribution is 6.33. The highest BCUT2D eigenvalue weighted by Gasteiger charge is 2.29. The highest BCUT2D eigenvalue weighted by atomic mass is 35.5. The number of hydrogen-bond acceptors (Lipinski definition) is 5. The van der Waals surface area contributed by atoms with E-state index in [1.54, 1.807) is 0 Å². The Hall–Kier alpha value is -1.70. The van der Waals surface area contributed by atoms with Crippen LogP contribution < -0.4 is 5.32 Å². The Morgan fingerprint density at radius 3 is 2.72 bits per heavy atom. The van der Waals surface area contributed by atoms with Gasteiger partial charge in [-0.05, 0) is 70.1 Å². The number of nitrogens with zero attached hydrogens (tertiary/aromatic N) is 3. The summed E-state index contributed by atoms with van der Waals surface area (Å²) >= 11 is 6.12. The Kier molecular flexibility index (Phi) is 7.49. The third kappa shape index (κ3) is 5.90. The summed E-state index contributed by atoms with van der Waals surface area (Å²) in [5.74, 6) is 1.23. The van der Waals surface area contributed by atoms with E-state index in [2.05, 4.69) is 22.0 Å². The standard InChI is InChI=1S/C21H31ClN4O3/c1-15-7-10-24(11-8-15)13-17-4-3-9-25(14-17)16(2)21(27)23-20-12-18(26(28)29)5-6-19(20)22/h5-6,12,15-17H,3-4,7-11,13-14H2,1-2H3,(H,23,27). The smallest absolute Gasteiger partial charge is 0.271 e. The Morgan fingerprint density at radius 1 is 1.31 bits per heavy atom. The molecule has 2 atom stereocenters. The minimum atomic E-state index is -0.494. The quantitative estimate of drug-likeness (QED) is 0.553. The average Bonchev–Trinajstić information content (AvgIpc) is 2.70. The third-order valence-electron chi connectivity index (χ3n) is 6.29. The van der Waals surface area contributed by atoms with Crippen molar-refractivity contribution in [2.45, 2.75) is 45.6 Å². The lowest BCUT2D eigenvalue weighted by Crippen LogP contribution is -2.49. The van der Waals surface area contributed by atoms with Gasteiger partial charge in [-0.3, -0.25) is 19.8 Å². The largest absolute Gasteiger partial charge is 0.323 e. The summed E-state index contributed by atoms with van der Waals surface area (Å²) < 4.78 is 0. The molecule has 1 amide bonds. The molecular weight excluding hydrogens is 392 g/mol. The van der Waals surface area contributed by atoms with Crippen LogP contribution in [0.1, 0.15) is 39.5 Å². The van der Waals surface area contributed by atoms with Crippen LogP contribution in [0.5, 0.6) is 0 Å². The molecule has 8 heteroatoms. The summed E-state index contributed by atoms with van der Waals surface area (Å²) in [6.07, 6.45) is 4.84. The predicted octanol–water partition coefficient (Wildman–Crippen LogP) is 4.02. The van der Waals surface area contributed by atoms with Crippen LogP contribution in [0.3, 0.4) is 0 Å². The number of amides is 1. The molecular formula is C21H31ClN4O3. The molecule has 1 aromatic carbocycles. The van der Waals surface area contributed by atoms with Gasteiger partial charge in [0.25, 0.3) is 5.69 Å². The van der Waals surface area contributed by atoms with E-state index in [4.69, 9.17) is 11.6 Å². The van der Waals surface area contributed by atoms with E-state index < -0.39 is 4.92 Å². The maximum atomic E-state index is 12.8. The molecule has 0 spiro atoms. The van der Waals surface area contributed by atoms with Crippen molar-refractivity contribution in [3.63, 3.8) is 0 Å². The van der Waals surface area contributed by atoms with Crippen molar-refractivity contribution in [3.8, 4) is 0 Å². The fourth-order valence-electron chi connectivity index (χ4n) is 4.33. The zero-order valence-corrected chi connectivity index (χ0v) is 18.0. The van der Waals surface area contributed by atoms with Crippen molar-refractivity contribution in [3.05, 3.63) is 33.3 Å². The molecule has 0 saturated carbocycles. The molecule has 3 rings (SSSR count). The second-order valence-electron chi connectivity index (χ2n) is 8.57. The van der Waals surface area contributed by atoms with Gasteiger partial charge in [-0.15, -0.1) is 0 Å². The molecule has 2 fully saturated rings. The molecule has 0 aromatic heterocycles. The lowest BCUT2D eigenvalue weighted by molar-refractivity contribution is -0.384. The first-order valence-corrected chi connectivity index (χ1v) is 10.9. The number of nitro benzene ring substituents is 1. The Morgan fingerprint density at radius 2 is 2.03 bits per heavy atom. The number of likely N-dealkylation sites (tertiary alicyclic amines) is 2. The zero-order valence-electron chi connectivity index (χ0n) is 17.3. The predicted molar refractivity (Wildman–Crippen MR) is 115 cm³/mol. The van der Waals surface area contributed by atoms with Gasteiger partial charge in [-0.1, -0.05) is 18.5 Å². The van der Waals surface area contributed by atoms with E-state index in [-0.39, 0.29) is 23.3 Å². The number of hydrogen-bond donors (Lipinski definition) is 1. The minimum absolute atomic E-state index is 0.0914. The van der Waals surface area contributed by atoms with Crippen molar-refractivity contribution in [1.29, 1.82) is 0 Å². The fourth-order valence-corrected chi connectivity index (χ4v) is 4.50. The maximum absolute atomic E-state index is 12.8. The summed E-state index contributed by atoms with van der Waals surface area (Å²) in [5, 5.41) is 14.1. The van der Waals surface area contributed by atoms with Gasteiger partial charge < -0.3 is 10.2 Å². The molecule has 2 aliphatic heterocycles. The van der Waals surface area contributed by atoms with Gasteiger partial charge in [0.05, 0.1) is 21.7 Å². The van der Waals surface area contributed by atoms with Gasteiger partial charge >= 0.3 is 0 Å². The van der Waals surface area contributed by atoms with Crippen LogP contribution in [0, 0.1) is 22.0 Å². The molecule has 7 nitrogen and oxygen atoms in total. The highest BCUT2D eigenvalue weighted by Crippen LogP contribution is 2.28. The molecule has 1 aromatic rings. The Bertz CT molecular complexity index is 737. The summed E-state index contributed by atoms with van der Waals surface area (Å²) in [6, 6.07) is 3.77. The van der Waals surface area contributed by atoms with E-state index in [1.165, 1.54) is 50.6 Å². The van der Waals surface area contributed by atoms with E-state index in [9.17, 15) is 14.9 Å². The van der Waals surface area contributed by atoms with Crippen LogP contribution in [0.2, 0.25) is 5.02 Å². The second kappa shape index (κ2) is 9.87. The van der Waals surface area contributed by atoms with Crippen molar-refractivity contribution in [2.24, 2.45) is 11.8 Å². The number of non-ortho nitro benzene ring substituents is 1. The number of carbonyl (C=O) groups excluding carboxylic acids is 1. The summed E-state index contributed by atoms with van der Waals surface area (Å²) in [4.78, 5) is 28.1. The number of halogens is 1. The van der Waals surface area contributed by atoms with Crippen LogP contribution in [0.4, 0.5) is 11.4 Å². The van der Waals surface area contributed by atoms with Crippen molar-refractivity contribution in [2.75, 3.05) is 38.0 Å². The van der Waals surface area contributed by atoms with E-state index in [0.717, 1.165) is 32.0 Å². The van der Waals surface area contributed by atoms with Gasteiger partial charge in [-0.2, -0.15) is 0 Å². The van der Waals surface area contributed by atoms with E-state index in [1.807, 2.05) is 6.92 Å². The van der Waals surface area contributed by atoms with Crippen LogP contribution in [0.25, 0.3) is 0 Å². The molecule has 29 heavy (non-hydrogen) atoms. The first-order valence-electron chi connectivity index (χ1n) is 10.5. The van der Waals surface area contributed by atoms with Crippen LogP contribution in [0.15, 0.2) is 18.2 Å². The molecule has 0 aliphatic carbocycles. The molecule has 2 saturated heterocycles. The first kappa shape index (κ1) is 22.0. The van der Waals surface area contributed by atoms with Crippen molar-refractivity contribution in [1.82, 2.24) is 9.80 Å². The van der Waals surface area contributed by atoms with Crippen LogP contribution in [-0.2, 0) is 4.79 Å². The van der Waals surface area contributed by atoms with E-state index in [0.29, 0.717) is 10.9 Å². The molecule has 0 bridgehead atoms. The van der Waals surface area contributed by atoms with Gasteiger partial charge in [-0.25, -0.2) is 0 Å². The lowest BCUT2D eigenvalue weighted by Gasteiger charge is -2.39. The second-order valence-corrected chi connectivity index (χ2v) is 8.98. The van der Waals surface area contributed by atoms with Crippen molar-refractivity contribution < 1.29 is 9.72 Å². The van der Waals surface area contributed by atoms with Gasteiger partial charge in [0, 0.05) is 25.2 Å². The van der Waals surface area contributed by atoms with Crippen LogP contribution in [-0.4, -0.2) is 59.4 Å². The topological polar surface area (TPSA) is 78.7 Å². The SMILES string of the molecule is CC1CCN(CC2CCCN(C(C)C(=O)Nc3cc([N+](=O)[O-])ccc3Cl)C2)CC1. The summed E-state index contributed by atoms with van der Waals surface area (Å²) in [5.41, 5.74) is 0.194. The van der Waals surface area contributed by atoms with Gasteiger partial charge in [0.1, 0.15) is 0 Å². The number of benzene rings is 1. The normalized spacial score (nSPS) is 22.9. The summed E-state index contributed by atoms with van der Waals surface area (Å²) in [6.45, 7) is 9.49. The van der Waals surface area contributed by atoms with E-state index >= 15 is 0 Å². The molecule has 2 aliphatic rings. The fraction of sp³-hybridized carbons (Fsp3) is 0.667. The zero-order chi connectivity index (χ0) is 21.0. The number of piperidine rings is 2. The van der Waals surface area contributed by atoms with Crippen molar-refractivity contribution >= 4 is 28.9 Å². The maximum Gasteiger partial charge on any atom is 0.271 e. The molecule has 2 heterocycles. The number of anilines is 1. The molecule has 2 unspecified atom stereocenters. The van der Waals surface area contributed by atoms with Gasteiger partial charge in [0.15, 0.2) is 0 Å². The molecule has 160 valence electrons.